The van der Waals surface area contributed by atoms with Gasteiger partial charge in [-0.3, -0.25) is 4.99 Å². The standard InChI is InChI=1S/C18H30ClN3O2/c1-4-23-12-6-5-10-21-18(20-3)22-11-7-13-24-17-9-8-16(19)14-15(17)2/h8-9,14H,4-7,10-13H2,1-3H3,(H2,20,21,22). The number of hydrogen-bond acceptors (Lipinski definition) is 3. The van der Waals surface area contributed by atoms with Gasteiger partial charge in [-0.1, -0.05) is 11.6 Å². The molecule has 5 nitrogen and oxygen atoms in total. The average Bonchev–Trinajstić information content (AvgIpc) is 2.57. The van der Waals surface area contributed by atoms with Crippen molar-refractivity contribution in [2.45, 2.75) is 33.1 Å². The van der Waals surface area contributed by atoms with Gasteiger partial charge in [0.25, 0.3) is 0 Å². The molecule has 0 aromatic heterocycles. The molecule has 0 saturated heterocycles. The van der Waals surface area contributed by atoms with E-state index >= 15 is 0 Å². The molecule has 2 N–H and O–H groups in total. The lowest BCUT2D eigenvalue weighted by Crippen LogP contribution is -2.38. The van der Waals surface area contributed by atoms with E-state index in [0.29, 0.717) is 6.61 Å². The van der Waals surface area contributed by atoms with Crippen molar-refractivity contribution in [1.82, 2.24) is 10.6 Å². The van der Waals surface area contributed by atoms with Crippen LogP contribution in [0.1, 0.15) is 31.7 Å². The Labute approximate surface area is 150 Å². The molecule has 0 aliphatic heterocycles. The van der Waals surface area contributed by atoms with Crippen LogP contribution in [0, 0.1) is 6.92 Å². The molecule has 0 aliphatic carbocycles. The van der Waals surface area contributed by atoms with E-state index in [1.54, 1.807) is 7.05 Å². The van der Waals surface area contributed by atoms with Crippen molar-refractivity contribution >= 4 is 17.6 Å². The number of aryl methyl sites for hydroxylation is 1. The van der Waals surface area contributed by atoms with E-state index in [4.69, 9.17) is 21.1 Å². The third-order valence-corrected chi connectivity index (χ3v) is 3.68. The lowest BCUT2D eigenvalue weighted by molar-refractivity contribution is 0.143. The molecule has 24 heavy (non-hydrogen) atoms. The van der Waals surface area contributed by atoms with Gasteiger partial charge in [0.05, 0.1) is 6.61 Å². The smallest absolute Gasteiger partial charge is 0.190 e. The van der Waals surface area contributed by atoms with Gasteiger partial charge in [0.15, 0.2) is 5.96 Å². The molecule has 1 rings (SSSR count). The van der Waals surface area contributed by atoms with Gasteiger partial charge in [-0.05, 0) is 56.9 Å². The van der Waals surface area contributed by atoms with Crippen molar-refractivity contribution in [3.63, 3.8) is 0 Å². The lowest BCUT2D eigenvalue weighted by Gasteiger charge is -2.13. The summed E-state index contributed by atoms with van der Waals surface area (Å²) in [7, 11) is 1.78. The average molecular weight is 356 g/mol. The van der Waals surface area contributed by atoms with E-state index in [1.165, 1.54) is 0 Å². The van der Waals surface area contributed by atoms with E-state index in [-0.39, 0.29) is 0 Å². The van der Waals surface area contributed by atoms with Gasteiger partial charge in [-0.15, -0.1) is 0 Å². The van der Waals surface area contributed by atoms with Crippen molar-refractivity contribution in [3.05, 3.63) is 28.8 Å². The number of unbranched alkanes of at least 4 members (excludes halogenated alkanes) is 1. The summed E-state index contributed by atoms with van der Waals surface area (Å²) in [5.41, 5.74) is 1.06. The van der Waals surface area contributed by atoms with E-state index < -0.39 is 0 Å². The number of nitrogens with zero attached hydrogens (tertiary/aromatic N) is 1. The van der Waals surface area contributed by atoms with Gasteiger partial charge in [0, 0.05) is 38.4 Å². The number of aliphatic imine (C=N–C) groups is 1. The minimum absolute atomic E-state index is 0.654. The van der Waals surface area contributed by atoms with Gasteiger partial charge in [0.2, 0.25) is 0 Å². The highest BCUT2D eigenvalue weighted by atomic mass is 35.5. The van der Waals surface area contributed by atoms with Crippen LogP contribution >= 0.6 is 11.6 Å². The summed E-state index contributed by atoms with van der Waals surface area (Å²) in [5.74, 6) is 1.71. The predicted octanol–water partition coefficient (Wildman–Crippen LogP) is 3.40. The highest BCUT2D eigenvalue weighted by Gasteiger charge is 2.01. The molecule has 0 fully saturated rings. The normalized spacial score (nSPS) is 11.4. The largest absolute Gasteiger partial charge is 0.493 e. The summed E-state index contributed by atoms with van der Waals surface area (Å²) in [5, 5.41) is 7.32. The number of halogens is 1. The molecule has 0 amide bonds. The van der Waals surface area contributed by atoms with Crippen LogP contribution in [-0.2, 0) is 4.74 Å². The number of guanidine groups is 1. The molecule has 0 radical (unpaired) electrons. The Morgan fingerprint density at radius 3 is 2.54 bits per heavy atom. The highest BCUT2D eigenvalue weighted by Crippen LogP contribution is 2.21. The summed E-state index contributed by atoms with van der Waals surface area (Å²) in [6.07, 6.45) is 3.03. The first-order valence-corrected chi connectivity index (χ1v) is 8.96. The molecule has 1 aromatic rings. The van der Waals surface area contributed by atoms with Crippen LogP contribution in [0.2, 0.25) is 5.02 Å². The minimum atomic E-state index is 0.654. The zero-order valence-corrected chi connectivity index (χ0v) is 15.8. The number of ether oxygens (including phenoxy) is 2. The quantitative estimate of drug-likeness (QED) is 0.363. The molecular formula is C18H30ClN3O2. The Kier molecular flexibility index (Phi) is 11.1. The maximum atomic E-state index is 5.94. The molecule has 136 valence electrons. The zero-order chi connectivity index (χ0) is 17.6. The van der Waals surface area contributed by atoms with Crippen molar-refractivity contribution in [3.8, 4) is 5.75 Å². The van der Waals surface area contributed by atoms with E-state index in [0.717, 1.165) is 67.9 Å². The van der Waals surface area contributed by atoms with Gasteiger partial charge in [0.1, 0.15) is 5.75 Å². The van der Waals surface area contributed by atoms with Crippen LogP contribution < -0.4 is 15.4 Å². The number of benzene rings is 1. The topological polar surface area (TPSA) is 54.9 Å². The monoisotopic (exact) mass is 355 g/mol. The Bertz CT molecular complexity index is 495. The fourth-order valence-corrected chi connectivity index (χ4v) is 2.36. The minimum Gasteiger partial charge on any atom is -0.493 e. The molecule has 0 bridgehead atoms. The number of hydrogen-bond donors (Lipinski definition) is 2. The molecule has 0 saturated carbocycles. The van der Waals surface area contributed by atoms with E-state index in [2.05, 4.69) is 15.6 Å². The summed E-state index contributed by atoms with van der Waals surface area (Å²) < 4.78 is 11.1. The molecule has 6 heteroatoms. The fourth-order valence-electron chi connectivity index (χ4n) is 2.14. The molecule has 0 unspecified atom stereocenters. The van der Waals surface area contributed by atoms with Gasteiger partial charge >= 0.3 is 0 Å². The Morgan fingerprint density at radius 2 is 1.88 bits per heavy atom. The maximum absolute atomic E-state index is 5.94. The summed E-state index contributed by atoms with van der Waals surface area (Å²) in [6.45, 7) is 7.98. The van der Waals surface area contributed by atoms with Crippen molar-refractivity contribution in [1.29, 1.82) is 0 Å². The summed E-state index contributed by atoms with van der Waals surface area (Å²) in [4.78, 5) is 4.21. The number of rotatable bonds is 11. The molecule has 0 heterocycles. The molecule has 1 aromatic carbocycles. The predicted molar refractivity (Wildman–Crippen MR) is 101 cm³/mol. The second-order valence-electron chi connectivity index (χ2n) is 5.44. The van der Waals surface area contributed by atoms with Crippen molar-refractivity contribution in [2.24, 2.45) is 4.99 Å². The van der Waals surface area contributed by atoms with Crippen molar-refractivity contribution < 1.29 is 9.47 Å². The van der Waals surface area contributed by atoms with Gasteiger partial charge < -0.3 is 20.1 Å². The SMILES string of the molecule is CCOCCCCNC(=NC)NCCCOc1ccc(Cl)cc1C. The maximum Gasteiger partial charge on any atom is 0.190 e. The zero-order valence-electron chi connectivity index (χ0n) is 15.0. The second-order valence-corrected chi connectivity index (χ2v) is 5.88. The first-order valence-electron chi connectivity index (χ1n) is 8.58. The fraction of sp³-hybridized carbons (Fsp3) is 0.611. The van der Waals surface area contributed by atoms with Gasteiger partial charge in [-0.2, -0.15) is 0 Å². The molecule has 0 spiro atoms. The summed E-state index contributed by atoms with van der Waals surface area (Å²) in [6, 6.07) is 5.67. The first kappa shape index (κ1) is 20.6. The third-order valence-electron chi connectivity index (χ3n) is 3.44. The van der Waals surface area contributed by atoms with Crippen LogP contribution in [0.5, 0.6) is 5.75 Å². The summed E-state index contributed by atoms with van der Waals surface area (Å²) >= 11 is 5.94. The van der Waals surface area contributed by atoms with Gasteiger partial charge in [-0.25, -0.2) is 0 Å². The highest BCUT2D eigenvalue weighted by molar-refractivity contribution is 6.30. The lowest BCUT2D eigenvalue weighted by atomic mass is 10.2. The molecule has 0 atom stereocenters. The van der Waals surface area contributed by atoms with Crippen molar-refractivity contribution in [2.75, 3.05) is 40.0 Å². The van der Waals surface area contributed by atoms with E-state index in [1.807, 2.05) is 32.0 Å². The van der Waals surface area contributed by atoms with Crippen LogP contribution in [0.25, 0.3) is 0 Å². The Morgan fingerprint density at radius 1 is 1.12 bits per heavy atom. The number of nitrogens with one attached hydrogen (secondary N) is 2. The van der Waals surface area contributed by atoms with Crippen LogP contribution in [0.4, 0.5) is 0 Å². The molecule has 0 aliphatic rings. The van der Waals surface area contributed by atoms with Crippen LogP contribution in [0.3, 0.4) is 0 Å². The first-order chi connectivity index (χ1) is 11.7. The Balaban J connectivity index is 2.10. The Hall–Kier alpha value is -1.46. The van der Waals surface area contributed by atoms with E-state index in [9.17, 15) is 0 Å². The second kappa shape index (κ2) is 12.9. The van der Waals surface area contributed by atoms with Crippen LogP contribution in [0.15, 0.2) is 23.2 Å². The van der Waals surface area contributed by atoms with Crippen LogP contribution in [-0.4, -0.2) is 45.9 Å². The molecular weight excluding hydrogens is 326 g/mol. The third kappa shape index (κ3) is 8.99.